The van der Waals surface area contributed by atoms with E-state index in [1.165, 1.54) is 0 Å². The number of hydrogen-bond acceptors (Lipinski definition) is 3. The maximum absolute atomic E-state index is 11.5. The molecule has 0 aliphatic carbocycles. The summed E-state index contributed by atoms with van der Waals surface area (Å²) >= 11 is 0. The first-order valence-electron chi connectivity index (χ1n) is 6.56. The quantitative estimate of drug-likeness (QED) is 0.763. The number of nitrogens with zero attached hydrogens (tertiary/aromatic N) is 2. The van der Waals surface area contributed by atoms with E-state index in [4.69, 9.17) is 5.73 Å². The molecule has 0 radical (unpaired) electrons. The van der Waals surface area contributed by atoms with Crippen molar-refractivity contribution in [2.24, 2.45) is 11.7 Å². The van der Waals surface area contributed by atoms with Gasteiger partial charge in [-0.1, -0.05) is 13.8 Å². The van der Waals surface area contributed by atoms with Gasteiger partial charge in [0.25, 0.3) is 0 Å². The van der Waals surface area contributed by atoms with E-state index in [0.29, 0.717) is 37.9 Å². The Morgan fingerprint density at radius 2 is 2.28 bits per heavy atom. The molecule has 18 heavy (non-hydrogen) atoms. The van der Waals surface area contributed by atoms with Gasteiger partial charge >= 0.3 is 0 Å². The van der Waals surface area contributed by atoms with Crippen LogP contribution in [0.1, 0.15) is 38.8 Å². The smallest absolute Gasteiger partial charge is 0.221 e. The van der Waals surface area contributed by atoms with Gasteiger partial charge in [-0.15, -0.1) is 0 Å². The summed E-state index contributed by atoms with van der Waals surface area (Å²) in [4.78, 5) is 15.6. The van der Waals surface area contributed by atoms with Crippen molar-refractivity contribution in [3.63, 3.8) is 0 Å². The van der Waals surface area contributed by atoms with Crippen molar-refractivity contribution in [3.8, 4) is 0 Å². The Balaban J connectivity index is 2.67. The molecule has 0 fully saturated rings. The minimum atomic E-state index is 0.0750. The predicted octanol–water partition coefficient (Wildman–Crippen LogP) is 1.11. The Kier molecular flexibility index (Phi) is 5.85. The molecule has 0 aliphatic heterocycles. The Hall–Kier alpha value is -1.36. The normalized spacial score (nSPS) is 12.7. The molecule has 1 unspecified atom stereocenters. The van der Waals surface area contributed by atoms with E-state index < -0.39 is 0 Å². The van der Waals surface area contributed by atoms with Crippen LogP contribution >= 0.6 is 0 Å². The molecule has 0 saturated heterocycles. The molecule has 1 rings (SSSR count). The third-order valence-corrected chi connectivity index (χ3v) is 3.14. The maximum atomic E-state index is 11.5. The van der Waals surface area contributed by atoms with Gasteiger partial charge in [0.1, 0.15) is 0 Å². The van der Waals surface area contributed by atoms with Crippen molar-refractivity contribution < 1.29 is 4.79 Å². The molecule has 1 atom stereocenters. The first-order chi connectivity index (χ1) is 8.60. The van der Waals surface area contributed by atoms with Gasteiger partial charge in [-0.05, 0) is 12.8 Å². The SMILES string of the molecule is CCNC(=O)CCn1cncc1C(CN)C(C)C. The number of amides is 1. The van der Waals surface area contributed by atoms with Crippen molar-refractivity contribution in [2.45, 2.75) is 39.7 Å². The average molecular weight is 252 g/mol. The number of hydrogen-bond donors (Lipinski definition) is 2. The van der Waals surface area contributed by atoms with Gasteiger partial charge in [-0.3, -0.25) is 4.79 Å². The van der Waals surface area contributed by atoms with Crippen LogP contribution in [0, 0.1) is 5.92 Å². The van der Waals surface area contributed by atoms with Gasteiger partial charge in [0.15, 0.2) is 0 Å². The number of carbonyl (C=O) groups excluding carboxylic acids is 1. The highest BCUT2D eigenvalue weighted by Gasteiger charge is 2.18. The first-order valence-corrected chi connectivity index (χ1v) is 6.56. The molecule has 1 heterocycles. The molecule has 0 aliphatic rings. The van der Waals surface area contributed by atoms with Crippen LogP contribution in [-0.2, 0) is 11.3 Å². The van der Waals surface area contributed by atoms with E-state index >= 15 is 0 Å². The molecule has 102 valence electrons. The fourth-order valence-corrected chi connectivity index (χ4v) is 2.07. The zero-order valence-electron chi connectivity index (χ0n) is 11.5. The van der Waals surface area contributed by atoms with Crippen molar-refractivity contribution >= 4 is 5.91 Å². The van der Waals surface area contributed by atoms with E-state index in [0.717, 1.165) is 5.69 Å². The number of aryl methyl sites for hydroxylation is 1. The number of nitrogens with one attached hydrogen (secondary N) is 1. The summed E-state index contributed by atoms with van der Waals surface area (Å²) in [7, 11) is 0. The van der Waals surface area contributed by atoms with Crippen LogP contribution in [0.4, 0.5) is 0 Å². The molecule has 0 bridgehead atoms. The highest BCUT2D eigenvalue weighted by Crippen LogP contribution is 2.22. The highest BCUT2D eigenvalue weighted by atomic mass is 16.1. The summed E-state index contributed by atoms with van der Waals surface area (Å²) in [5.74, 6) is 0.836. The van der Waals surface area contributed by atoms with Gasteiger partial charge in [0, 0.05) is 43.9 Å². The minimum Gasteiger partial charge on any atom is -0.356 e. The number of nitrogens with two attached hydrogens (primary N) is 1. The second-order valence-electron chi connectivity index (χ2n) is 4.80. The standard InChI is InChI=1S/C13H24N4O/c1-4-16-13(18)5-6-17-9-15-8-12(17)11(7-14)10(2)3/h8-11H,4-7,14H2,1-3H3,(H,16,18). The van der Waals surface area contributed by atoms with Crippen LogP contribution in [-0.4, -0.2) is 28.5 Å². The minimum absolute atomic E-state index is 0.0750. The number of imidazole rings is 1. The van der Waals surface area contributed by atoms with Crippen LogP contribution in [0.2, 0.25) is 0 Å². The fourth-order valence-electron chi connectivity index (χ4n) is 2.07. The van der Waals surface area contributed by atoms with E-state index in [1.807, 2.05) is 17.7 Å². The third kappa shape index (κ3) is 3.84. The molecule has 3 N–H and O–H groups in total. The van der Waals surface area contributed by atoms with Crippen LogP contribution in [0.3, 0.4) is 0 Å². The summed E-state index contributed by atoms with van der Waals surface area (Å²) in [6.07, 6.45) is 4.11. The van der Waals surface area contributed by atoms with Gasteiger partial charge in [0.2, 0.25) is 5.91 Å². The Labute approximate surface area is 109 Å². The Morgan fingerprint density at radius 3 is 2.83 bits per heavy atom. The first kappa shape index (κ1) is 14.7. The third-order valence-electron chi connectivity index (χ3n) is 3.14. The maximum Gasteiger partial charge on any atom is 0.221 e. The van der Waals surface area contributed by atoms with Crippen molar-refractivity contribution in [1.29, 1.82) is 0 Å². The zero-order chi connectivity index (χ0) is 13.5. The number of carbonyl (C=O) groups is 1. The van der Waals surface area contributed by atoms with Gasteiger partial charge < -0.3 is 15.6 Å². The monoisotopic (exact) mass is 252 g/mol. The predicted molar refractivity (Wildman–Crippen MR) is 72.2 cm³/mol. The summed E-state index contributed by atoms with van der Waals surface area (Å²) < 4.78 is 2.03. The highest BCUT2D eigenvalue weighted by molar-refractivity contribution is 5.75. The molecular weight excluding hydrogens is 228 g/mol. The lowest BCUT2D eigenvalue weighted by molar-refractivity contribution is -0.121. The molecular formula is C13H24N4O. The Bertz CT molecular complexity index is 373. The molecule has 5 nitrogen and oxygen atoms in total. The summed E-state index contributed by atoms with van der Waals surface area (Å²) in [6.45, 7) is 8.16. The molecule has 1 aromatic rings. The lowest BCUT2D eigenvalue weighted by Crippen LogP contribution is -2.25. The van der Waals surface area contributed by atoms with Gasteiger partial charge in [0.05, 0.1) is 6.33 Å². The van der Waals surface area contributed by atoms with Crippen LogP contribution < -0.4 is 11.1 Å². The van der Waals surface area contributed by atoms with Crippen molar-refractivity contribution in [1.82, 2.24) is 14.9 Å². The van der Waals surface area contributed by atoms with Crippen LogP contribution in [0.15, 0.2) is 12.5 Å². The second-order valence-corrected chi connectivity index (χ2v) is 4.80. The van der Waals surface area contributed by atoms with E-state index in [2.05, 4.69) is 24.1 Å². The fraction of sp³-hybridized carbons (Fsp3) is 0.692. The molecule has 1 aromatic heterocycles. The van der Waals surface area contributed by atoms with Gasteiger partial charge in [-0.2, -0.15) is 0 Å². The second kappa shape index (κ2) is 7.16. The molecule has 1 amide bonds. The van der Waals surface area contributed by atoms with Crippen LogP contribution in [0.25, 0.3) is 0 Å². The topological polar surface area (TPSA) is 72.9 Å². The molecule has 0 aromatic carbocycles. The van der Waals surface area contributed by atoms with Crippen molar-refractivity contribution in [3.05, 3.63) is 18.2 Å². The summed E-state index contributed by atoms with van der Waals surface area (Å²) in [6, 6.07) is 0. The summed E-state index contributed by atoms with van der Waals surface area (Å²) in [5.41, 5.74) is 6.94. The molecule has 0 saturated carbocycles. The zero-order valence-corrected chi connectivity index (χ0v) is 11.5. The number of rotatable bonds is 7. The number of aromatic nitrogens is 2. The van der Waals surface area contributed by atoms with Gasteiger partial charge in [-0.25, -0.2) is 4.98 Å². The molecule has 0 spiro atoms. The average Bonchev–Trinajstić information content (AvgIpc) is 2.75. The Morgan fingerprint density at radius 1 is 1.56 bits per heavy atom. The van der Waals surface area contributed by atoms with E-state index in [1.54, 1.807) is 6.33 Å². The summed E-state index contributed by atoms with van der Waals surface area (Å²) in [5, 5.41) is 2.80. The lowest BCUT2D eigenvalue weighted by Gasteiger charge is -2.20. The molecule has 5 heteroatoms. The van der Waals surface area contributed by atoms with Crippen LogP contribution in [0.5, 0.6) is 0 Å². The van der Waals surface area contributed by atoms with E-state index in [-0.39, 0.29) is 5.91 Å². The lowest BCUT2D eigenvalue weighted by atomic mass is 9.93. The van der Waals surface area contributed by atoms with Crippen molar-refractivity contribution in [2.75, 3.05) is 13.1 Å². The van der Waals surface area contributed by atoms with E-state index in [9.17, 15) is 4.79 Å². The largest absolute Gasteiger partial charge is 0.356 e.